The van der Waals surface area contributed by atoms with Gasteiger partial charge in [0.2, 0.25) is 0 Å². The number of aliphatic carboxylic acids is 1. The number of carboxylic acids is 1. The standard InChI is InChI=1S/C16H13FO4/c1-10-2-7-14(21-9-15(18)19)13(8-10)16(20)11-3-5-12(17)6-4-11/h2-8H,9H2,1H3,(H,18,19). The third-order valence-corrected chi connectivity index (χ3v) is 2.84. The van der Waals surface area contributed by atoms with Crippen LogP contribution in [0.5, 0.6) is 5.75 Å². The maximum Gasteiger partial charge on any atom is 0.341 e. The topological polar surface area (TPSA) is 63.6 Å². The van der Waals surface area contributed by atoms with Crippen LogP contribution in [0, 0.1) is 12.7 Å². The molecular formula is C16H13FO4. The SMILES string of the molecule is Cc1ccc(OCC(=O)O)c(C(=O)c2ccc(F)cc2)c1. The Bertz CT molecular complexity index is 677. The first-order chi connectivity index (χ1) is 9.97. The zero-order chi connectivity index (χ0) is 15.4. The molecule has 2 aromatic rings. The Balaban J connectivity index is 2.36. The Hall–Kier alpha value is -2.69. The van der Waals surface area contributed by atoms with Crippen LogP contribution in [-0.4, -0.2) is 23.5 Å². The van der Waals surface area contributed by atoms with Crippen molar-refractivity contribution in [1.82, 2.24) is 0 Å². The fourth-order valence-electron chi connectivity index (χ4n) is 1.84. The number of carbonyl (C=O) groups excluding carboxylic acids is 1. The van der Waals surface area contributed by atoms with Crippen LogP contribution in [0.1, 0.15) is 21.5 Å². The Labute approximate surface area is 120 Å². The molecule has 108 valence electrons. The minimum Gasteiger partial charge on any atom is -0.481 e. The van der Waals surface area contributed by atoms with Gasteiger partial charge in [-0.25, -0.2) is 9.18 Å². The molecule has 2 rings (SSSR count). The largest absolute Gasteiger partial charge is 0.481 e. The smallest absolute Gasteiger partial charge is 0.341 e. The first kappa shape index (κ1) is 14.7. The lowest BCUT2D eigenvalue weighted by Crippen LogP contribution is -2.12. The summed E-state index contributed by atoms with van der Waals surface area (Å²) in [6.45, 7) is 1.27. The van der Waals surface area contributed by atoms with Gasteiger partial charge in [0.05, 0.1) is 5.56 Å². The molecule has 0 unspecified atom stereocenters. The maximum atomic E-state index is 12.9. The molecule has 0 atom stereocenters. The van der Waals surface area contributed by atoms with Gasteiger partial charge in [-0.15, -0.1) is 0 Å². The van der Waals surface area contributed by atoms with Crippen molar-refractivity contribution in [3.63, 3.8) is 0 Å². The molecule has 0 radical (unpaired) electrons. The van der Waals surface area contributed by atoms with Crippen molar-refractivity contribution in [1.29, 1.82) is 0 Å². The van der Waals surface area contributed by atoms with Gasteiger partial charge in [-0.1, -0.05) is 11.6 Å². The van der Waals surface area contributed by atoms with Gasteiger partial charge >= 0.3 is 5.97 Å². The first-order valence-corrected chi connectivity index (χ1v) is 6.23. The summed E-state index contributed by atoms with van der Waals surface area (Å²) in [6, 6.07) is 10.0. The van der Waals surface area contributed by atoms with E-state index in [0.29, 0.717) is 5.56 Å². The van der Waals surface area contributed by atoms with E-state index in [1.54, 1.807) is 18.2 Å². The molecule has 2 aromatic carbocycles. The van der Waals surface area contributed by atoms with Crippen LogP contribution in [0.4, 0.5) is 4.39 Å². The number of carbonyl (C=O) groups is 2. The number of rotatable bonds is 5. The van der Waals surface area contributed by atoms with Crippen LogP contribution >= 0.6 is 0 Å². The van der Waals surface area contributed by atoms with E-state index in [9.17, 15) is 14.0 Å². The highest BCUT2D eigenvalue weighted by molar-refractivity contribution is 6.10. The zero-order valence-corrected chi connectivity index (χ0v) is 11.3. The Kier molecular flexibility index (Phi) is 4.33. The van der Waals surface area contributed by atoms with Gasteiger partial charge in [0.25, 0.3) is 0 Å². The van der Waals surface area contributed by atoms with E-state index in [1.165, 1.54) is 24.3 Å². The second-order valence-electron chi connectivity index (χ2n) is 4.52. The fourth-order valence-corrected chi connectivity index (χ4v) is 1.84. The Morgan fingerprint density at radius 1 is 1.14 bits per heavy atom. The van der Waals surface area contributed by atoms with Crippen LogP contribution < -0.4 is 4.74 Å². The van der Waals surface area contributed by atoms with E-state index < -0.39 is 18.4 Å². The number of ketones is 1. The highest BCUT2D eigenvalue weighted by Crippen LogP contribution is 2.23. The van der Waals surface area contributed by atoms with Crippen LogP contribution in [0.25, 0.3) is 0 Å². The summed E-state index contributed by atoms with van der Waals surface area (Å²) >= 11 is 0. The fraction of sp³-hybridized carbons (Fsp3) is 0.125. The number of hydrogen-bond acceptors (Lipinski definition) is 3. The van der Waals surface area contributed by atoms with E-state index >= 15 is 0 Å². The van der Waals surface area contributed by atoms with Crippen molar-refractivity contribution in [3.8, 4) is 5.75 Å². The van der Waals surface area contributed by atoms with Crippen LogP contribution in [0.3, 0.4) is 0 Å². The van der Waals surface area contributed by atoms with E-state index in [4.69, 9.17) is 9.84 Å². The van der Waals surface area contributed by atoms with Gasteiger partial charge < -0.3 is 9.84 Å². The third kappa shape index (κ3) is 3.66. The van der Waals surface area contributed by atoms with Crippen molar-refractivity contribution in [2.24, 2.45) is 0 Å². The molecule has 1 N–H and O–H groups in total. The number of carboxylic acid groups (broad SMARTS) is 1. The second-order valence-corrected chi connectivity index (χ2v) is 4.52. The minimum atomic E-state index is -1.13. The number of aryl methyl sites for hydroxylation is 1. The molecular weight excluding hydrogens is 275 g/mol. The zero-order valence-electron chi connectivity index (χ0n) is 11.3. The molecule has 0 heterocycles. The molecule has 0 aromatic heterocycles. The molecule has 0 aliphatic carbocycles. The number of hydrogen-bond donors (Lipinski definition) is 1. The Morgan fingerprint density at radius 2 is 1.81 bits per heavy atom. The van der Waals surface area contributed by atoms with Crippen molar-refractivity contribution in [2.75, 3.05) is 6.61 Å². The quantitative estimate of drug-likeness (QED) is 0.859. The third-order valence-electron chi connectivity index (χ3n) is 2.84. The average molecular weight is 288 g/mol. The predicted octanol–water partition coefficient (Wildman–Crippen LogP) is 2.83. The lowest BCUT2D eigenvalue weighted by atomic mass is 10.0. The highest BCUT2D eigenvalue weighted by Gasteiger charge is 2.16. The van der Waals surface area contributed by atoms with Crippen molar-refractivity contribution >= 4 is 11.8 Å². The van der Waals surface area contributed by atoms with Gasteiger partial charge in [0.15, 0.2) is 12.4 Å². The molecule has 4 nitrogen and oxygen atoms in total. The van der Waals surface area contributed by atoms with Gasteiger partial charge in [-0.3, -0.25) is 4.79 Å². The summed E-state index contributed by atoms with van der Waals surface area (Å²) in [5, 5.41) is 8.65. The van der Waals surface area contributed by atoms with E-state index in [0.717, 1.165) is 5.56 Å². The van der Waals surface area contributed by atoms with Crippen molar-refractivity contribution in [3.05, 3.63) is 65.0 Å². The van der Waals surface area contributed by atoms with Gasteiger partial charge in [-0.05, 0) is 43.3 Å². The molecule has 0 aliphatic rings. The maximum absolute atomic E-state index is 12.9. The first-order valence-electron chi connectivity index (χ1n) is 6.23. The van der Waals surface area contributed by atoms with E-state index in [1.807, 2.05) is 6.92 Å². The molecule has 0 bridgehead atoms. The van der Waals surface area contributed by atoms with E-state index in [-0.39, 0.29) is 17.1 Å². The summed E-state index contributed by atoms with van der Waals surface area (Å²) in [7, 11) is 0. The molecule has 0 fully saturated rings. The average Bonchev–Trinajstić information content (AvgIpc) is 2.46. The normalized spacial score (nSPS) is 10.2. The van der Waals surface area contributed by atoms with Crippen LogP contribution in [0.15, 0.2) is 42.5 Å². The molecule has 0 spiro atoms. The number of benzene rings is 2. The predicted molar refractivity (Wildman–Crippen MR) is 74.1 cm³/mol. The molecule has 0 saturated carbocycles. The summed E-state index contributed by atoms with van der Waals surface area (Å²) in [4.78, 5) is 23.0. The van der Waals surface area contributed by atoms with Crippen molar-refractivity contribution < 1.29 is 23.8 Å². The molecule has 5 heteroatoms. The molecule has 0 saturated heterocycles. The summed E-state index contributed by atoms with van der Waals surface area (Å²) in [5.41, 5.74) is 1.40. The lowest BCUT2D eigenvalue weighted by Gasteiger charge is -2.10. The monoisotopic (exact) mass is 288 g/mol. The lowest BCUT2D eigenvalue weighted by molar-refractivity contribution is -0.139. The van der Waals surface area contributed by atoms with Crippen molar-refractivity contribution in [2.45, 2.75) is 6.92 Å². The molecule has 21 heavy (non-hydrogen) atoms. The molecule has 0 amide bonds. The second kappa shape index (κ2) is 6.17. The number of ether oxygens (including phenoxy) is 1. The molecule has 0 aliphatic heterocycles. The highest BCUT2D eigenvalue weighted by atomic mass is 19.1. The Morgan fingerprint density at radius 3 is 2.43 bits per heavy atom. The summed E-state index contributed by atoms with van der Waals surface area (Å²) in [5.74, 6) is -1.72. The van der Waals surface area contributed by atoms with Gasteiger partial charge in [0, 0.05) is 5.56 Å². The van der Waals surface area contributed by atoms with Crippen LogP contribution in [-0.2, 0) is 4.79 Å². The van der Waals surface area contributed by atoms with Gasteiger partial charge in [-0.2, -0.15) is 0 Å². The van der Waals surface area contributed by atoms with Crippen LogP contribution in [0.2, 0.25) is 0 Å². The van der Waals surface area contributed by atoms with E-state index in [2.05, 4.69) is 0 Å². The summed E-state index contributed by atoms with van der Waals surface area (Å²) < 4.78 is 18.0. The summed E-state index contributed by atoms with van der Waals surface area (Å²) in [6.07, 6.45) is 0. The van der Waals surface area contributed by atoms with Gasteiger partial charge in [0.1, 0.15) is 11.6 Å². The number of halogens is 1. The minimum absolute atomic E-state index is 0.192.